The van der Waals surface area contributed by atoms with Crippen molar-refractivity contribution in [3.05, 3.63) is 70.2 Å². The van der Waals surface area contributed by atoms with E-state index in [2.05, 4.69) is 5.32 Å². The lowest BCUT2D eigenvalue weighted by Gasteiger charge is -2.14. The number of hydrogen-bond acceptors (Lipinski definition) is 3. The Kier molecular flexibility index (Phi) is 5.90. The van der Waals surface area contributed by atoms with Crippen molar-refractivity contribution < 1.29 is 14.7 Å². The monoisotopic (exact) mass is 331 g/mol. The zero-order valence-electron chi connectivity index (χ0n) is 12.8. The van der Waals surface area contributed by atoms with E-state index in [1.54, 1.807) is 24.3 Å². The van der Waals surface area contributed by atoms with Crippen LogP contribution in [0.5, 0.6) is 0 Å². The number of carboxylic acids is 1. The van der Waals surface area contributed by atoms with Gasteiger partial charge in [-0.05, 0) is 24.6 Å². The zero-order chi connectivity index (χ0) is 16.8. The van der Waals surface area contributed by atoms with Crippen LogP contribution in [0.4, 0.5) is 0 Å². The quantitative estimate of drug-likeness (QED) is 0.762. The third-order valence-electron chi connectivity index (χ3n) is 3.53. The fourth-order valence-electron chi connectivity index (χ4n) is 2.13. The molecule has 1 atom stereocenters. The first kappa shape index (κ1) is 17.2. The van der Waals surface area contributed by atoms with E-state index in [9.17, 15) is 14.7 Å². The highest BCUT2D eigenvalue weighted by molar-refractivity contribution is 6.30. The fraction of sp³-hybridized carbons (Fsp3) is 0.222. The zero-order valence-corrected chi connectivity index (χ0v) is 13.5. The number of carbonyl (C=O) groups excluding carboxylic acids is 1. The number of Topliss-reactive ketones (excluding diaryl/α,β-unsaturated/α-hetero) is 1. The molecule has 2 rings (SSSR count). The lowest BCUT2D eigenvalue weighted by molar-refractivity contribution is -0.139. The van der Waals surface area contributed by atoms with Gasteiger partial charge in [0, 0.05) is 23.6 Å². The van der Waals surface area contributed by atoms with E-state index in [0.717, 1.165) is 11.1 Å². The van der Waals surface area contributed by atoms with Gasteiger partial charge < -0.3 is 5.11 Å². The van der Waals surface area contributed by atoms with Gasteiger partial charge in [-0.15, -0.1) is 0 Å². The molecule has 0 heterocycles. The number of ketones is 1. The first-order valence-electron chi connectivity index (χ1n) is 7.26. The van der Waals surface area contributed by atoms with Gasteiger partial charge in [-0.3, -0.25) is 14.9 Å². The summed E-state index contributed by atoms with van der Waals surface area (Å²) in [6, 6.07) is 13.3. The molecule has 0 fully saturated rings. The van der Waals surface area contributed by atoms with Crippen molar-refractivity contribution in [2.24, 2.45) is 0 Å². The normalized spacial score (nSPS) is 11.9. The summed E-state index contributed by atoms with van der Waals surface area (Å²) in [5.74, 6) is -1.24. The predicted octanol–water partition coefficient (Wildman–Crippen LogP) is 3.46. The molecule has 0 amide bonds. The van der Waals surface area contributed by atoms with Gasteiger partial charge in [-0.1, -0.05) is 53.6 Å². The van der Waals surface area contributed by atoms with Crippen molar-refractivity contribution in [1.82, 2.24) is 5.32 Å². The molecule has 4 nitrogen and oxygen atoms in total. The lowest BCUT2D eigenvalue weighted by atomic mass is 10.0. The molecule has 2 N–H and O–H groups in total. The largest absolute Gasteiger partial charge is 0.480 e. The van der Waals surface area contributed by atoms with Crippen LogP contribution in [0, 0.1) is 6.92 Å². The van der Waals surface area contributed by atoms with Crippen LogP contribution in [-0.2, 0) is 11.3 Å². The molecule has 2 aromatic carbocycles. The average Bonchev–Trinajstić information content (AvgIpc) is 2.53. The Morgan fingerprint density at radius 3 is 2.26 bits per heavy atom. The van der Waals surface area contributed by atoms with Crippen LogP contribution in [0.3, 0.4) is 0 Å². The van der Waals surface area contributed by atoms with E-state index in [1.165, 1.54) is 0 Å². The molecule has 5 heteroatoms. The number of nitrogens with one attached hydrogen (secondary N) is 1. The van der Waals surface area contributed by atoms with Crippen LogP contribution >= 0.6 is 11.6 Å². The van der Waals surface area contributed by atoms with Crippen LogP contribution in [0.25, 0.3) is 0 Å². The number of carbonyl (C=O) groups is 2. The number of benzene rings is 2. The second-order valence-electron chi connectivity index (χ2n) is 5.39. The Hall–Kier alpha value is -2.17. The first-order chi connectivity index (χ1) is 11.0. The van der Waals surface area contributed by atoms with Gasteiger partial charge in [-0.2, -0.15) is 0 Å². The lowest BCUT2D eigenvalue weighted by Crippen LogP contribution is -2.38. The summed E-state index contributed by atoms with van der Waals surface area (Å²) in [5.41, 5.74) is 2.48. The Bertz CT molecular complexity index is 680. The SMILES string of the molecule is Cc1ccc(C(=O)C[C@H](NCc2ccc(Cl)cc2)C(=O)O)cc1. The third kappa shape index (κ3) is 5.20. The topological polar surface area (TPSA) is 66.4 Å². The molecule has 0 aliphatic rings. The maximum atomic E-state index is 12.2. The fourth-order valence-corrected chi connectivity index (χ4v) is 2.26. The molecule has 0 saturated heterocycles. The van der Waals surface area contributed by atoms with Gasteiger partial charge in [0.25, 0.3) is 0 Å². The summed E-state index contributed by atoms with van der Waals surface area (Å²) in [6.07, 6.45) is -0.0913. The molecule has 0 aromatic heterocycles. The second kappa shape index (κ2) is 7.90. The smallest absolute Gasteiger partial charge is 0.321 e. The van der Waals surface area contributed by atoms with Gasteiger partial charge in [0.05, 0.1) is 0 Å². The highest BCUT2D eigenvalue weighted by Gasteiger charge is 2.21. The molecule has 120 valence electrons. The first-order valence-corrected chi connectivity index (χ1v) is 7.64. The van der Waals surface area contributed by atoms with Crippen LogP contribution in [0.15, 0.2) is 48.5 Å². The van der Waals surface area contributed by atoms with E-state index >= 15 is 0 Å². The van der Waals surface area contributed by atoms with Crippen molar-refractivity contribution >= 4 is 23.4 Å². The van der Waals surface area contributed by atoms with Crippen LogP contribution in [-0.4, -0.2) is 22.9 Å². The Morgan fingerprint density at radius 1 is 1.09 bits per heavy atom. The van der Waals surface area contributed by atoms with E-state index in [4.69, 9.17) is 11.6 Å². The molecule has 0 bridgehead atoms. The predicted molar refractivity (Wildman–Crippen MR) is 89.8 cm³/mol. The molecule has 23 heavy (non-hydrogen) atoms. The van der Waals surface area contributed by atoms with Gasteiger partial charge in [0.2, 0.25) is 0 Å². The molecule has 0 aliphatic heterocycles. The molecule has 0 spiro atoms. The molecule has 0 saturated carbocycles. The average molecular weight is 332 g/mol. The Labute approximate surface area is 140 Å². The number of hydrogen-bond donors (Lipinski definition) is 2. The minimum Gasteiger partial charge on any atom is -0.480 e. The summed E-state index contributed by atoms with van der Waals surface area (Å²) < 4.78 is 0. The molecular formula is C18H18ClNO3. The summed E-state index contributed by atoms with van der Waals surface area (Å²) in [4.78, 5) is 23.6. The summed E-state index contributed by atoms with van der Waals surface area (Å²) in [6.45, 7) is 2.29. The van der Waals surface area contributed by atoms with Gasteiger partial charge in [0.1, 0.15) is 6.04 Å². The Morgan fingerprint density at radius 2 is 1.70 bits per heavy atom. The highest BCUT2D eigenvalue weighted by atomic mass is 35.5. The molecular weight excluding hydrogens is 314 g/mol. The minimum atomic E-state index is -1.04. The Balaban J connectivity index is 1.98. The number of carboxylic acid groups (broad SMARTS) is 1. The minimum absolute atomic E-state index is 0.0913. The molecule has 0 unspecified atom stereocenters. The van der Waals surface area contributed by atoms with E-state index < -0.39 is 12.0 Å². The van der Waals surface area contributed by atoms with Crippen molar-refractivity contribution in [1.29, 1.82) is 0 Å². The second-order valence-corrected chi connectivity index (χ2v) is 5.83. The summed E-state index contributed by atoms with van der Waals surface area (Å²) in [7, 11) is 0. The highest BCUT2D eigenvalue weighted by Crippen LogP contribution is 2.11. The molecule has 0 radical (unpaired) electrons. The number of rotatable bonds is 7. The van der Waals surface area contributed by atoms with Gasteiger partial charge in [0.15, 0.2) is 5.78 Å². The van der Waals surface area contributed by atoms with Gasteiger partial charge >= 0.3 is 5.97 Å². The van der Waals surface area contributed by atoms with Crippen LogP contribution < -0.4 is 5.32 Å². The van der Waals surface area contributed by atoms with Crippen molar-refractivity contribution in [3.8, 4) is 0 Å². The standard InChI is InChI=1S/C18H18ClNO3/c1-12-2-6-14(7-3-12)17(21)10-16(18(22)23)20-11-13-4-8-15(19)9-5-13/h2-9,16,20H,10-11H2,1H3,(H,22,23)/t16-/m0/s1. The molecule has 2 aromatic rings. The van der Waals surface area contributed by atoms with Gasteiger partial charge in [-0.25, -0.2) is 0 Å². The number of halogens is 1. The third-order valence-corrected chi connectivity index (χ3v) is 3.78. The van der Waals surface area contributed by atoms with Crippen LogP contribution in [0.2, 0.25) is 5.02 Å². The van der Waals surface area contributed by atoms with Crippen molar-refractivity contribution in [3.63, 3.8) is 0 Å². The van der Waals surface area contributed by atoms with Crippen molar-refractivity contribution in [2.45, 2.75) is 25.9 Å². The number of aliphatic carboxylic acids is 1. The van der Waals surface area contributed by atoms with Crippen molar-refractivity contribution in [2.75, 3.05) is 0 Å². The number of aryl methyl sites for hydroxylation is 1. The van der Waals surface area contributed by atoms with E-state index in [-0.39, 0.29) is 12.2 Å². The maximum absolute atomic E-state index is 12.2. The van der Waals surface area contributed by atoms with Crippen LogP contribution in [0.1, 0.15) is 27.9 Å². The van der Waals surface area contributed by atoms with E-state index in [1.807, 2.05) is 31.2 Å². The summed E-state index contributed by atoms with van der Waals surface area (Å²) >= 11 is 5.81. The van der Waals surface area contributed by atoms with E-state index in [0.29, 0.717) is 17.1 Å². The summed E-state index contributed by atoms with van der Waals surface area (Å²) in [5, 5.41) is 12.8. The maximum Gasteiger partial charge on any atom is 0.321 e. The molecule has 0 aliphatic carbocycles.